The van der Waals surface area contributed by atoms with Gasteiger partial charge < -0.3 is 19.8 Å². The summed E-state index contributed by atoms with van der Waals surface area (Å²) >= 11 is 12.3. The van der Waals surface area contributed by atoms with Crippen LogP contribution in [0.1, 0.15) is 41.5 Å². The fourth-order valence-corrected chi connectivity index (χ4v) is 3.61. The Labute approximate surface area is 219 Å². The summed E-state index contributed by atoms with van der Waals surface area (Å²) in [5.41, 5.74) is 1.30. The lowest BCUT2D eigenvalue weighted by Crippen LogP contribution is -2.47. The third-order valence-electron chi connectivity index (χ3n) is 4.59. The van der Waals surface area contributed by atoms with Crippen molar-refractivity contribution in [1.29, 1.82) is 0 Å². The Morgan fingerprint density at radius 1 is 0.861 bits per heavy atom. The lowest BCUT2D eigenvalue weighted by atomic mass is 10.1. The predicted molar refractivity (Wildman–Crippen MR) is 145 cm³/mol. The predicted octanol–water partition coefficient (Wildman–Crippen LogP) is 6.45. The van der Waals surface area contributed by atoms with E-state index in [0.29, 0.717) is 16.6 Å². The smallest absolute Gasteiger partial charge is 0.414 e. The van der Waals surface area contributed by atoms with Gasteiger partial charge in [0.1, 0.15) is 11.2 Å². The van der Waals surface area contributed by atoms with Gasteiger partial charge in [0.15, 0.2) is 0 Å². The summed E-state index contributed by atoms with van der Waals surface area (Å²) < 4.78 is 10.5. The van der Waals surface area contributed by atoms with Crippen molar-refractivity contribution in [2.75, 3.05) is 18.4 Å². The molecule has 4 N–H and O–H groups in total. The van der Waals surface area contributed by atoms with Gasteiger partial charge in [-0.05, 0) is 71.9 Å². The maximum atomic E-state index is 12.2. The quantitative estimate of drug-likeness (QED) is 0.174. The molecule has 1 aromatic heterocycles. The maximum absolute atomic E-state index is 12.2. The topological polar surface area (TPSA) is 117 Å². The number of guanidine groups is 1. The van der Waals surface area contributed by atoms with Crippen LogP contribution < -0.4 is 16.0 Å². The number of ether oxygens (including phenoxy) is 2. The van der Waals surface area contributed by atoms with Crippen molar-refractivity contribution < 1.29 is 19.1 Å². The van der Waals surface area contributed by atoms with Crippen molar-refractivity contribution in [3.05, 3.63) is 40.4 Å². The molecule has 3 aromatic rings. The number of aromatic amines is 1. The molecule has 0 atom stereocenters. The number of carbonyl (C=O) groups is 2. The minimum Gasteiger partial charge on any atom is -0.444 e. The average Bonchev–Trinajstić information content (AvgIpc) is 3.05. The second-order valence-electron chi connectivity index (χ2n) is 10.1. The largest absolute Gasteiger partial charge is 0.444 e. The SMILES string of the molecule is CC(C)(C)OC(=O)NC(=NCCNc1ccc2[nH]c3cc(Cl)c(Cl)cc3c2c1)NC(=O)OC(C)(C)C. The highest BCUT2D eigenvalue weighted by Crippen LogP contribution is 2.33. The number of anilines is 1. The maximum Gasteiger partial charge on any atom is 0.414 e. The average molecular weight is 536 g/mol. The molecule has 0 aliphatic rings. The monoisotopic (exact) mass is 535 g/mol. The summed E-state index contributed by atoms with van der Waals surface area (Å²) in [6.07, 6.45) is -1.48. The van der Waals surface area contributed by atoms with Gasteiger partial charge in [-0.2, -0.15) is 0 Å². The fraction of sp³-hybridized carbons (Fsp3) is 0.400. The minimum absolute atomic E-state index is 0.0705. The van der Waals surface area contributed by atoms with Crippen molar-refractivity contribution in [1.82, 2.24) is 15.6 Å². The molecule has 3 rings (SSSR count). The van der Waals surface area contributed by atoms with Crippen LogP contribution in [0.25, 0.3) is 21.8 Å². The number of H-pyrrole nitrogens is 1. The molecule has 9 nitrogen and oxygen atoms in total. The molecule has 2 aromatic carbocycles. The number of rotatable bonds is 4. The number of benzene rings is 2. The van der Waals surface area contributed by atoms with Crippen LogP contribution in [0.4, 0.5) is 15.3 Å². The highest BCUT2D eigenvalue weighted by molar-refractivity contribution is 6.43. The zero-order valence-electron chi connectivity index (χ0n) is 21.1. The van der Waals surface area contributed by atoms with Gasteiger partial charge in [0.25, 0.3) is 0 Å². The molecule has 0 radical (unpaired) electrons. The molecule has 0 unspecified atom stereocenters. The summed E-state index contributed by atoms with van der Waals surface area (Å²) in [7, 11) is 0. The minimum atomic E-state index is -0.742. The number of halogens is 2. The second kappa shape index (κ2) is 10.8. The zero-order valence-corrected chi connectivity index (χ0v) is 22.6. The van der Waals surface area contributed by atoms with E-state index < -0.39 is 23.4 Å². The van der Waals surface area contributed by atoms with E-state index in [4.69, 9.17) is 32.7 Å². The summed E-state index contributed by atoms with van der Waals surface area (Å²) in [6.45, 7) is 11.1. The van der Waals surface area contributed by atoms with Crippen LogP contribution in [0.5, 0.6) is 0 Å². The van der Waals surface area contributed by atoms with E-state index in [1.165, 1.54) is 0 Å². The number of fused-ring (bicyclic) bond motifs is 3. The normalized spacial score (nSPS) is 11.8. The van der Waals surface area contributed by atoms with E-state index in [1.54, 1.807) is 47.6 Å². The van der Waals surface area contributed by atoms with Crippen LogP contribution >= 0.6 is 23.2 Å². The summed E-state index contributed by atoms with van der Waals surface area (Å²) in [4.78, 5) is 32.0. The lowest BCUT2D eigenvalue weighted by Gasteiger charge is -2.22. The van der Waals surface area contributed by atoms with Gasteiger partial charge in [-0.15, -0.1) is 0 Å². The first-order chi connectivity index (χ1) is 16.7. The van der Waals surface area contributed by atoms with Crippen molar-refractivity contribution in [3.8, 4) is 0 Å². The lowest BCUT2D eigenvalue weighted by molar-refractivity contribution is 0.0545. The summed E-state index contributed by atoms with van der Waals surface area (Å²) in [5, 5.41) is 11.1. The standard InChI is InChI=1S/C25H31Cl2N5O4/c1-24(2,3)35-22(33)31-21(32-23(34)36-25(4,5)6)29-10-9-28-14-7-8-19-15(11-14)16-12-17(26)18(27)13-20(16)30-19/h7-8,11-13,28,30H,9-10H2,1-6H3,(H2,29,31,32,33,34). The molecule has 0 spiro atoms. The fourth-order valence-electron chi connectivity index (χ4n) is 3.28. The van der Waals surface area contributed by atoms with Crippen LogP contribution in [0.3, 0.4) is 0 Å². The van der Waals surface area contributed by atoms with Crippen LogP contribution in [0, 0.1) is 0 Å². The second-order valence-corrected chi connectivity index (χ2v) is 10.9. The molecular formula is C25H31Cl2N5O4. The molecule has 0 bridgehead atoms. The van der Waals surface area contributed by atoms with E-state index in [9.17, 15) is 9.59 Å². The van der Waals surface area contributed by atoms with Crippen LogP contribution in [0.2, 0.25) is 10.0 Å². The highest BCUT2D eigenvalue weighted by atomic mass is 35.5. The molecule has 1 heterocycles. The summed E-state index contributed by atoms with van der Waals surface area (Å²) in [6, 6.07) is 9.54. The van der Waals surface area contributed by atoms with Crippen LogP contribution in [-0.4, -0.2) is 47.4 Å². The number of aromatic nitrogens is 1. The van der Waals surface area contributed by atoms with E-state index >= 15 is 0 Å². The Morgan fingerprint density at radius 2 is 1.42 bits per heavy atom. The number of carbonyl (C=O) groups excluding carboxylic acids is 2. The van der Waals surface area contributed by atoms with Crippen LogP contribution in [0.15, 0.2) is 35.3 Å². The van der Waals surface area contributed by atoms with Gasteiger partial charge in [-0.3, -0.25) is 15.6 Å². The first-order valence-corrected chi connectivity index (χ1v) is 12.1. The van der Waals surface area contributed by atoms with E-state index in [-0.39, 0.29) is 12.5 Å². The Kier molecular flexibility index (Phi) is 8.26. The molecule has 0 fully saturated rings. The van der Waals surface area contributed by atoms with Gasteiger partial charge in [0.05, 0.1) is 16.6 Å². The van der Waals surface area contributed by atoms with Crippen molar-refractivity contribution in [2.45, 2.75) is 52.7 Å². The summed E-state index contributed by atoms with van der Waals surface area (Å²) in [5.74, 6) is -0.0705. The molecule has 0 saturated carbocycles. The van der Waals surface area contributed by atoms with Crippen LogP contribution in [-0.2, 0) is 9.47 Å². The number of alkyl carbamates (subject to hydrolysis) is 2. The molecule has 2 amide bonds. The third-order valence-corrected chi connectivity index (χ3v) is 5.31. The Hall–Kier alpha value is -3.17. The first-order valence-electron chi connectivity index (χ1n) is 11.4. The highest BCUT2D eigenvalue weighted by Gasteiger charge is 2.21. The van der Waals surface area contributed by atoms with Gasteiger partial charge >= 0.3 is 12.2 Å². The number of nitrogens with zero attached hydrogens (tertiary/aromatic N) is 1. The molecule has 0 aliphatic carbocycles. The number of amides is 2. The van der Waals surface area contributed by atoms with Crippen molar-refractivity contribution in [2.24, 2.45) is 4.99 Å². The van der Waals surface area contributed by atoms with Gasteiger partial charge in [-0.25, -0.2) is 9.59 Å². The molecule has 0 aliphatic heterocycles. The Balaban J connectivity index is 1.69. The molecule has 11 heteroatoms. The van der Waals surface area contributed by atoms with Gasteiger partial charge in [0.2, 0.25) is 5.96 Å². The van der Waals surface area contributed by atoms with E-state index in [0.717, 1.165) is 27.5 Å². The first kappa shape index (κ1) is 27.4. The number of aliphatic imine (C=N–C) groups is 1. The van der Waals surface area contributed by atoms with E-state index in [1.807, 2.05) is 24.3 Å². The van der Waals surface area contributed by atoms with Gasteiger partial charge in [0, 0.05) is 34.0 Å². The third kappa shape index (κ3) is 7.93. The Morgan fingerprint density at radius 3 is 2.00 bits per heavy atom. The molecule has 36 heavy (non-hydrogen) atoms. The molecular weight excluding hydrogens is 505 g/mol. The number of hydrogen-bond donors (Lipinski definition) is 4. The van der Waals surface area contributed by atoms with E-state index in [2.05, 4.69) is 25.9 Å². The van der Waals surface area contributed by atoms with Crippen molar-refractivity contribution in [3.63, 3.8) is 0 Å². The zero-order chi connectivity index (χ0) is 26.7. The molecule has 194 valence electrons. The Bertz CT molecular complexity index is 1270. The number of nitrogens with one attached hydrogen (secondary N) is 4. The van der Waals surface area contributed by atoms with Gasteiger partial charge in [-0.1, -0.05) is 23.2 Å². The van der Waals surface area contributed by atoms with Crippen molar-refractivity contribution >= 4 is 68.8 Å². The number of hydrogen-bond acceptors (Lipinski definition) is 6. The molecule has 0 saturated heterocycles.